The molecule has 0 saturated carbocycles. The predicted octanol–water partition coefficient (Wildman–Crippen LogP) is 1.40. The summed E-state index contributed by atoms with van der Waals surface area (Å²) in [6.07, 6.45) is 5.12. The summed E-state index contributed by atoms with van der Waals surface area (Å²) in [7, 11) is 0. The van der Waals surface area contributed by atoms with Gasteiger partial charge in [0, 0.05) is 11.8 Å². The van der Waals surface area contributed by atoms with Crippen LogP contribution in [0.2, 0.25) is 0 Å². The van der Waals surface area contributed by atoms with E-state index in [0.717, 1.165) is 0 Å². The van der Waals surface area contributed by atoms with E-state index >= 15 is 0 Å². The molecule has 1 heterocycles. The van der Waals surface area contributed by atoms with Crippen molar-refractivity contribution in [1.82, 2.24) is 10.5 Å². The van der Waals surface area contributed by atoms with E-state index in [-0.39, 0.29) is 24.9 Å². The van der Waals surface area contributed by atoms with Crippen molar-refractivity contribution >= 4 is 23.3 Å². The van der Waals surface area contributed by atoms with Gasteiger partial charge in [-0.1, -0.05) is 23.2 Å². The van der Waals surface area contributed by atoms with Gasteiger partial charge in [-0.05, 0) is 19.1 Å². The summed E-state index contributed by atoms with van der Waals surface area (Å²) in [6.45, 7) is 1.84. The summed E-state index contributed by atoms with van der Waals surface area (Å²) in [5.74, 6) is 2.66. The summed E-state index contributed by atoms with van der Waals surface area (Å²) in [4.78, 5) is 23.9. The fourth-order valence-electron chi connectivity index (χ4n) is 1.85. The monoisotopic (exact) mass is 312 g/mol. The van der Waals surface area contributed by atoms with Crippen LogP contribution in [0.25, 0.3) is 0 Å². The first-order valence-corrected chi connectivity index (χ1v) is 6.88. The molecule has 1 aromatic carbocycles. The normalized spacial score (nSPS) is 9.74. The number of rotatable bonds is 6. The third-order valence-corrected chi connectivity index (χ3v) is 2.86. The first kappa shape index (κ1) is 16.1. The van der Waals surface area contributed by atoms with Crippen molar-refractivity contribution in [3.63, 3.8) is 0 Å². The fraction of sp³-hybridized carbons (Fsp3) is 0.188. The minimum atomic E-state index is -0.308. The molecule has 0 aliphatic carbocycles. The third kappa shape index (κ3) is 4.61. The average molecular weight is 312 g/mol. The van der Waals surface area contributed by atoms with Crippen LogP contribution < -0.4 is 16.0 Å². The van der Waals surface area contributed by atoms with Crippen molar-refractivity contribution in [1.29, 1.82) is 0 Å². The Kier molecular flexibility index (Phi) is 5.36. The van der Waals surface area contributed by atoms with Crippen LogP contribution in [0.4, 0.5) is 11.5 Å². The van der Waals surface area contributed by atoms with Crippen LogP contribution in [0, 0.1) is 19.3 Å². The van der Waals surface area contributed by atoms with Crippen molar-refractivity contribution in [2.24, 2.45) is 0 Å². The Morgan fingerprint density at radius 1 is 1.35 bits per heavy atom. The predicted molar refractivity (Wildman–Crippen MR) is 86.0 cm³/mol. The number of carbonyl (C=O) groups is 2. The molecule has 0 atom stereocenters. The molecule has 0 radical (unpaired) electrons. The van der Waals surface area contributed by atoms with Crippen molar-refractivity contribution < 1.29 is 14.1 Å². The Morgan fingerprint density at radius 2 is 2.13 bits per heavy atom. The lowest BCUT2D eigenvalue weighted by Crippen LogP contribution is -2.26. The van der Waals surface area contributed by atoms with Crippen LogP contribution in [0.5, 0.6) is 0 Å². The van der Waals surface area contributed by atoms with Gasteiger partial charge < -0.3 is 20.5 Å². The van der Waals surface area contributed by atoms with E-state index in [1.54, 1.807) is 37.3 Å². The zero-order chi connectivity index (χ0) is 16.7. The van der Waals surface area contributed by atoms with E-state index in [9.17, 15) is 9.59 Å². The maximum Gasteiger partial charge on any atom is 0.254 e. The number of nitrogens with one attached hydrogen (secondary N) is 3. The van der Waals surface area contributed by atoms with Crippen molar-refractivity contribution in [2.45, 2.75) is 6.92 Å². The van der Waals surface area contributed by atoms with Gasteiger partial charge in [-0.2, -0.15) is 0 Å². The second-order valence-corrected chi connectivity index (χ2v) is 4.66. The highest BCUT2D eigenvalue weighted by molar-refractivity contribution is 6.00. The molecule has 0 aliphatic heterocycles. The minimum Gasteiger partial charge on any atom is -0.375 e. The van der Waals surface area contributed by atoms with E-state index < -0.39 is 0 Å². The molecule has 0 bridgehead atoms. The molecule has 2 rings (SSSR count). The summed E-state index contributed by atoms with van der Waals surface area (Å²) >= 11 is 0. The number of carbonyl (C=O) groups excluding carboxylic acids is 2. The lowest BCUT2D eigenvalue weighted by molar-refractivity contribution is -0.114. The number of benzene rings is 1. The molecule has 0 unspecified atom stereocenters. The number of hydrogen-bond donors (Lipinski definition) is 3. The zero-order valence-electron chi connectivity index (χ0n) is 12.6. The van der Waals surface area contributed by atoms with Gasteiger partial charge in [0.25, 0.3) is 5.91 Å². The molecule has 7 nitrogen and oxygen atoms in total. The zero-order valence-corrected chi connectivity index (χ0v) is 12.6. The maximum atomic E-state index is 12.0. The van der Waals surface area contributed by atoms with E-state index in [4.69, 9.17) is 10.9 Å². The number of amides is 2. The molecular formula is C16H16N4O3. The topological polar surface area (TPSA) is 96.3 Å². The van der Waals surface area contributed by atoms with E-state index in [0.29, 0.717) is 22.8 Å². The Morgan fingerprint density at radius 3 is 2.83 bits per heavy atom. The number of anilines is 2. The highest BCUT2D eigenvalue weighted by Crippen LogP contribution is 2.14. The van der Waals surface area contributed by atoms with Gasteiger partial charge in [0.15, 0.2) is 5.82 Å². The number of nitrogens with zero attached hydrogens (tertiary/aromatic N) is 1. The fourth-order valence-corrected chi connectivity index (χ4v) is 1.85. The van der Waals surface area contributed by atoms with E-state index in [1.165, 1.54) is 0 Å². The molecule has 7 heteroatoms. The number of aromatic nitrogens is 1. The summed E-state index contributed by atoms with van der Waals surface area (Å²) in [5, 5.41) is 11.8. The van der Waals surface area contributed by atoms with Crippen molar-refractivity contribution in [3.05, 3.63) is 41.7 Å². The van der Waals surface area contributed by atoms with Crippen LogP contribution in [0.15, 0.2) is 34.9 Å². The van der Waals surface area contributed by atoms with Gasteiger partial charge in [-0.15, -0.1) is 6.42 Å². The molecule has 1 aromatic heterocycles. The molecule has 0 aliphatic rings. The molecule has 0 fully saturated rings. The van der Waals surface area contributed by atoms with Crippen LogP contribution >= 0.6 is 0 Å². The van der Waals surface area contributed by atoms with Gasteiger partial charge in [0.2, 0.25) is 5.91 Å². The van der Waals surface area contributed by atoms with E-state index in [1.807, 2.05) is 0 Å². The number of hydrogen-bond acceptors (Lipinski definition) is 5. The van der Waals surface area contributed by atoms with Gasteiger partial charge in [-0.3, -0.25) is 9.59 Å². The molecular weight excluding hydrogens is 296 g/mol. The maximum absolute atomic E-state index is 12.0. The van der Waals surface area contributed by atoms with Crippen LogP contribution in [-0.4, -0.2) is 30.1 Å². The lowest BCUT2D eigenvalue weighted by Gasteiger charge is -2.11. The SMILES string of the molecule is C#CCNC(=O)c1ccccc1NCC(=O)Nc1cc(C)on1. The third-order valence-electron chi connectivity index (χ3n) is 2.86. The smallest absolute Gasteiger partial charge is 0.254 e. The molecule has 0 spiro atoms. The Hall–Kier alpha value is -3.27. The first-order valence-electron chi connectivity index (χ1n) is 6.88. The van der Waals surface area contributed by atoms with Crippen molar-refractivity contribution in [2.75, 3.05) is 23.7 Å². The Bertz CT molecular complexity index is 746. The quantitative estimate of drug-likeness (QED) is 0.701. The minimum absolute atomic E-state index is 0.0225. The Balaban J connectivity index is 1.96. The van der Waals surface area contributed by atoms with Crippen LogP contribution in [0.3, 0.4) is 0 Å². The Labute approximate surface area is 133 Å². The highest BCUT2D eigenvalue weighted by atomic mass is 16.5. The molecule has 0 saturated heterocycles. The van der Waals surface area contributed by atoms with Gasteiger partial charge in [0.1, 0.15) is 5.76 Å². The van der Waals surface area contributed by atoms with Gasteiger partial charge >= 0.3 is 0 Å². The lowest BCUT2D eigenvalue weighted by atomic mass is 10.1. The first-order chi connectivity index (χ1) is 11.1. The van der Waals surface area contributed by atoms with Gasteiger partial charge in [-0.25, -0.2) is 0 Å². The summed E-state index contributed by atoms with van der Waals surface area (Å²) in [5.41, 5.74) is 0.946. The number of para-hydroxylation sites is 1. The molecule has 23 heavy (non-hydrogen) atoms. The number of terminal acetylenes is 1. The van der Waals surface area contributed by atoms with Crippen LogP contribution in [-0.2, 0) is 4.79 Å². The molecule has 3 N–H and O–H groups in total. The highest BCUT2D eigenvalue weighted by Gasteiger charge is 2.11. The van der Waals surface area contributed by atoms with E-state index in [2.05, 4.69) is 27.0 Å². The standard InChI is InChI=1S/C16H16N4O3/c1-3-8-17-16(22)12-6-4-5-7-13(12)18-10-15(21)19-14-9-11(2)23-20-14/h1,4-7,9,18H,8,10H2,2H3,(H,17,22)(H,19,20,21). The van der Waals surface area contributed by atoms with Gasteiger partial charge in [0.05, 0.1) is 18.7 Å². The molecule has 2 amide bonds. The van der Waals surface area contributed by atoms with Crippen LogP contribution in [0.1, 0.15) is 16.1 Å². The summed E-state index contributed by atoms with van der Waals surface area (Å²) in [6, 6.07) is 8.46. The molecule has 2 aromatic rings. The largest absolute Gasteiger partial charge is 0.375 e. The second-order valence-electron chi connectivity index (χ2n) is 4.66. The number of aryl methyl sites for hydroxylation is 1. The average Bonchev–Trinajstić information content (AvgIpc) is 2.95. The second kappa shape index (κ2) is 7.66. The molecule has 118 valence electrons. The van der Waals surface area contributed by atoms with Crippen molar-refractivity contribution in [3.8, 4) is 12.3 Å². The summed E-state index contributed by atoms with van der Waals surface area (Å²) < 4.78 is 4.86.